The number of aromatic nitrogens is 2. The van der Waals surface area contributed by atoms with Crippen molar-refractivity contribution in [2.45, 2.75) is 66.3 Å². The van der Waals surface area contributed by atoms with Crippen molar-refractivity contribution < 1.29 is 24.2 Å². The molecule has 1 atom stereocenters. The minimum absolute atomic E-state index is 0.0330. The summed E-state index contributed by atoms with van der Waals surface area (Å²) in [6.07, 6.45) is 5.66. The number of ketones is 1. The van der Waals surface area contributed by atoms with E-state index < -0.39 is 17.7 Å². The molecule has 1 aromatic carbocycles. The standard InChI is InChI=1S/C33H44N4O5/c1-7-10-11-20-42-25-16-15-24(21-26(25)41-6)29-27(31(39)33(40)37(29)19-13-17-35(8-2)9-3)30(38)28-23(5)36-18-12-14-22(4)32(36)34-28/h12,14-16,18,21,29,38H,7-11,13,17,19-20H2,1-6H3/b30-27+. The van der Waals surface area contributed by atoms with Crippen molar-refractivity contribution in [3.8, 4) is 11.5 Å². The number of unbranched alkanes of at least 4 members (excludes halogenated alkanes) is 2. The molecular weight excluding hydrogens is 532 g/mol. The highest BCUT2D eigenvalue weighted by Crippen LogP contribution is 2.42. The third-order valence-corrected chi connectivity index (χ3v) is 8.12. The summed E-state index contributed by atoms with van der Waals surface area (Å²) in [5.41, 5.74) is 3.30. The SMILES string of the molecule is CCCCCOc1ccc(C2/C(=C(\O)c3nc4c(C)cccn4c3C)C(=O)C(=O)N2CCCN(CC)CC)cc1OC. The van der Waals surface area contributed by atoms with Gasteiger partial charge in [-0.1, -0.05) is 45.7 Å². The van der Waals surface area contributed by atoms with Gasteiger partial charge >= 0.3 is 0 Å². The molecule has 9 heteroatoms. The minimum Gasteiger partial charge on any atom is -0.505 e. The zero-order valence-corrected chi connectivity index (χ0v) is 25.8. The van der Waals surface area contributed by atoms with Crippen LogP contribution in [0.4, 0.5) is 0 Å². The van der Waals surface area contributed by atoms with Crippen molar-refractivity contribution in [3.63, 3.8) is 0 Å². The van der Waals surface area contributed by atoms with E-state index in [9.17, 15) is 14.7 Å². The van der Waals surface area contributed by atoms with E-state index in [4.69, 9.17) is 14.5 Å². The number of carbonyl (C=O) groups is 2. The Morgan fingerprint density at radius 2 is 1.81 bits per heavy atom. The topological polar surface area (TPSA) is 96.6 Å². The van der Waals surface area contributed by atoms with E-state index >= 15 is 0 Å². The van der Waals surface area contributed by atoms with E-state index in [1.54, 1.807) is 18.1 Å². The van der Waals surface area contributed by atoms with Crippen LogP contribution in [0.3, 0.4) is 0 Å². The van der Waals surface area contributed by atoms with Gasteiger partial charge in [-0.2, -0.15) is 0 Å². The number of pyridine rings is 1. The average Bonchev–Trinajstić information content (AvgIpc) is 3.47. The van der Waals surface area contributed by atoms with Crippen LogP contribution in [-0.2, 0) is 9.59 Å². The molecule has 0 saturated carbocycles. The van der Waals surface area contributed by atoms with Crippen LogP contribution in [0.25, 0.3) is 11.4 Å². The van der Waals surface area contributed by atoms with Gasteiger partial charge in [0.25, 0.3) is 11.7 Å². The number of carbonyl (C=O) groups excluding carboxylic acids is 2. The number of imidazole rings is 1. The van der Waals surface area contributed by atoms with Gasteiger partial charge in [-0.3, -0.25) is 9.59 Å². The number of rotatable bonds is 14. The number of fused-ring (bicyclic) bond motifs is 1. The van der Waals surface area contributed by atoms with Crippen LogP contribution < -0.4 is 9.47 Å². The average molecular weight is 577 g/mol. The molecule has 1 unspecified atom stereocenters. The summed E-state index contributed by atoms with van der Waals surface area (Å²) in [4.78, 5) is 35.7. The summed E-state index contributed by atoms with van der Waals surface area (Å²) in [5.74, 6) is -0.506. The van der Waals surface area contributed by atoms with E-state index in [1.165, 1.54) is 0 Å². The minimum atomic E-state index is -0.796. The van der Waals surface area contributed by atoms with Crippen LogP contribution in [0, 0.1) is 13.8 Å². The largest absolute Gasteiger partial charge is 0.505 e. The predicted molar refractivity (Wildman–Crippen MR) is 164 cm³/mol. The predicted octanol–water partition coefficient (Wildman–Crippen LogP) is 5.68. The maximum atomic E-state index is 13.6. The van der Waals surface area contributed by atoms with Crippen molar-refractivity contribution in [1.82, 2.24) is 19.2 Å². The monoisotopic (exact) mass is 576 g/mol. The summed E-state index contributed by atoms with van der Waals surface area (Å²) >= 11 is 0. The quantitative estimate of drug-likeness (QED) is 0.114. The summed E-state index contributed by atoms with van der Waals surface area (Å²) in [6, 6.07) is 8.52. The molecule has 0 bridgehead atoms. The molecule has 9 nitrogen and oxygen atoms in total. The summed E-state index contributed by atoms with van der Waals surface area (Å²) < 4.78 is 13.5. The van der Waals surface area contributed by atoms with Gasteiger partial charge in [0.1, 0.15) is 11.3 Å². The number of benzene rings is 1. The zero-order chi connectivity index (χ0) is 30.4. The summed E-state index contributed by atoms with van der Waals surface area (Å²) in [6.45, 7) is 13.7. The van der Waals surface area contributed by atoms with Crippen LogP contribution in [0.5, 0.6) is 11.5 Å². The molecular formula is C33H44N4O5. The van der Waals surface area contributed by atoms with Gasteiger partial charge in [0, 0.05) is 12.7 Å². The number of methoxy groups -OCH3 is 1. The number of amides is 1. The number of aliphatic hydroxyl groups excluding tert-OH is 1. The Labute approximate surface area is 248 Å². The Hall–Kier alpha value is -3.85. The van der Waals surface area contributed by atoms with Crippen molar-refractivity contribution in [2.24, 2.45) is 0 Å². The van der Waals surface area contributed by atoms with Gasteiger partial charge in [-0.05, 0) is 75.6 Å². The van der Waals surface area contributed by atoms with Gasteiger partial charge in [-0.25, -0.2) is 4.98 Å². The highest BCUT2D eigenvalue weighted by atomic mass is 16.5. The summed E-state index contributed by atoms with van der Waals surface area (Å²) in [5, 5.41) is 11.7. The molecule has 0 aliphatic carbocycles. The number of aliphatic hydroxyl groups is 1. The first-order valence-corrected chi connectivity index (χ1v) is 15.0. The Morgan fingerprint density at radius 1 is 1.05 bits per heavy atom. The molecule has 4 rings (SSSR count). The van der Waals surface area contributed by atoms with Gasteiger partial charge in [-0.15, -0.1) is 0 Å². The highest BCUT2D eigenvalue weighted by Gasteiger charge is 2.46. The molecule has 42 heavy (non-hydrogen) atoms. The third kappa shape index (κ3) is 6.16. The molecule has 2 aromatic heterocycles. The van der Waals surface area contributed by atoms with Gasteiger partial charge in [0.15, 0.2) is 17.3 Å². The van der Waals surface area contributed by atoms with Gasteiger partial charge in [0.2, 0.25) is 0 Å². The molecule has 3 heterocycles. The fourth-order valence-electron chi connectivity index (χ4n) is 5.64. The molecule has 1 amide bonds. The van der Waals surface area contributed by atoms with Crippen molar-refractivity contribution in [3.05, 3.63) is 64.6 Å². The maximum Gasteiger partial charge on any atom is 0.295 e. The molecule has 1 fully saturated rings. The first-order chi connectivity index (χ1) is 20.3. The van der Waals surface area contributed by atoms with Gasteiger partial charge in [0.05, 0.1) is 31.0 Å². The molecule has 1 saturated heterocycles. The smallest absolute Gasteiger partial charge is 0.295 e. The van der Waals surface area contributed by atoms with E-state index in [0.717, 1.165) is 44.5 Å². The van der Waals surface area contributed by atoms with Crippen molar-refractivity contribution in [2.75, 3.05) is 39.9 Å². The van der Waals surface area contributed by atoms with E-state index in [0.29, 0.717) is 53.7 Å². The summed E-state index contributed by atoms with van der Waals surface area (Å²) in [7, 11) is 1.57. The molecule has 226 valence electrons. The number of hydrogen-bond donors (Lipinski definition) is 1. The second kappa shape index (κ2) is 13.9. The number of ether oxygens (including phenoxy) is 2. The van der Waals surface area contributed by atoms with Crippen LogP contribution in [0.1, 0.15) is 75.0 Å². The Morgan fingerprint density at radius 3 is 2.48 bits per heavy atom. The molecule has 0 radical (unpaired) electrons. The second-order valence-corrected chi connectivity index (χ2v) is 10.8. The molecule has 1 aliphatic heterocycles. The zero-order valence-electron chi connectivity index (χ0n) is 25.8. The molecule has 0 spiro atoms. The second-order valence-electron chi connectivity index (χ2n) is 10.8. The molecule has 1 aliphatic rings. The number of Topliss-reactive ketones (excluding diaryl/α,β-unsaturated/α-hetero) is 1. The number of hydrogen-bond acceptors (Lipinski definition) is 7. The van der Waals surface area contributed by atoms with Crippen molar-refractivity contribution >= 4 is 23.1 Å². The molecule has 1 N–H and O–H groups in total. The van der Waals surface area contributed by atoms with Crippen LogP contribution in [0.15, 0.2) is 42.1 Å². The fourth-order valence-corrected chi connectivity index (χ4v) is 5.64. The third-order valence-electron chi connectivity index (χ3n) is 8.12. The lowest BCUT2D eigenvalue weighted by molar-refractivity contribution is -0.140. The van der Waals surface area contributed by atoms with Crippen LogP contribution >= 0.6 is 0 Å². The van der Waals surface area contributed by atoms with E-state index in [1.807, 2.05) is 48.7 Å². The fraction of sp³-hybridized carbons (Fsp3) is 0.485. The van der Waals surface area contributed by atoms with Crippen molar-refractivity contribution in [1.29, 1.82) is 0 Å². The lowest BCUT2D eigenvalue weighted by Crippen LogP contribution is -2.33. The van der Waals surface area contributed by atoms with Crippen LogP contribution in [-0.4, -0.2) is 75.9 Å². The Balaban J connectivity index is 1.80. The number of aryl methyl sites for hydroxylation is 2. The maximum absolute atomic E-state index is 13.6. The van der Waals surface area contributed by atoms with E-state index in [-0.39, 0.29) is 11.3 Å². The van der Waals surface area contributed by atoms with E-state index in [2.05, 4.69) is 25.7 Å². The molecule has 3 aromatic rings. The Bertz CT molecular complexity index is 1460. The van der Waals surface area contributed by atoms with Gasteiger partial charge < -0.3 is 28.8 Å². The number of nitrogens with zero attached hydrogens (tertiary/aromatic N) is 4. The normalized spacial score (nSPS) is 16.6. The highest BCUT2D eigenvalue weighted by molar-refractivity contribution is 6.46. The first kappa shape index (κ1) is 31.1. The number of likely N-dealkylation sites (tertiary alicyclic amines) is 1. The first-order valence-electron chi connectivity index (χ1n) is 15.0. The van der Waals surface area contributed by atoms with Crippen LogP contribution in [0.2, 0.25) is 0 Å². The lowest BCUT2D eigenvalue weighted by Gasteiger charge is -2.27. The Kier molecular flexibility index (Phi) is 10.3. The lowest BCUT2D eigenvalue weighted by atomic mass is 9.96.